The summed E-state index contributed by atoms with van der Waals surface area (Å²) in [4.78, 5) is 13.0. The first-order chi connectivity index (χ1) is 14.1. The van der Waals surface area contributed by atoms with E-state index in [1.54, 1.807) is 7.11 Å². The Morgan fingerprint density at radius 1 is 0.793 bits per heavy atom. The highest BCUT2D eigenvalue weighted by Crippen LogP contribution is 2.25. The van der Waals surface area contributed by atoms with E-state index < -0.39 is 0 Å². The van der Waals surface area contributed by atoms with Crippen LogP contribution in [0.3, 0.4) is 0 Å². The highest BCUT2D eigenvalue weighted by atomic mass is 16.5. The zero-order chi connectivity index (χ0) is 20.6. The van der Waals surface area contributed by atoms with Gasteiger partial charge in [-0.1, -0.05) is 78.9 Å². The summed E-state index contributed by atoms with van der Waals surface area (Å²) in [6, 6.07) is 27.3. The number of amides is 1. The standard InChI is InChI=1S/C25H28N2O2/c1-18(22-16-10-11-17-23(22)29-3)26-19(2)25(28)27-24(20-12-6-4-7-13-20)21-14-8-5-9-15-21/h4-19,24,26H,1-3H3,(H,27,28)/t18-,19-/m0/s1. The van der Waals surface area contributed by atoms with Crippen molar-refractivity contribution in [1.82, 2.24) is 10.6 Å². The van der Waals surface area contributed by atoms with Gasteiger partial charge in [-0.05, 0) is 31.0 Å². The summed E-state index contributed by atoms with van der Waals surface area (Å²) in [5, 5.41) is 6.59. The smallest absolute Gasteiger partial charge is 0.237 e. The monoisotopic (exact) mass is 388 g/mol. The van der Waals surface area contributed by atoms with Gasteiger partial charge < -0.3 is 10.1 Å². The fourth-order valence-corrected chi connectivity index (χ4v) is 3.48. The molecule has 3 aromatic rings. The first kappa shape index (κ1) is 20.6. The molecule has 150 valence electrons. The molecule has 3 rings (SSSR count). The average Bonchev–Trinajstić information content (AvgIpc) is 2.78. The van der Waals surface area contributed by atoms with Gasteiger partial charge in [-0.25, -0.2) is 0 Å². The number of hydrogen-bond donors (Lipinski definition) is 2. The van der Waals surface area contributed by atoms with Gasteiger partial charge in [-0.2, -0.15) is 0 Å². The maximum absolute atomic E-state index is 13.0. The summed E-state index contributed by atoms with van der Waals surface area (Å²) < 4.78 is 5.45. The highest BCUT2D eigenvalue weighted by Gasteiger charge is 2.22. The van der Waals surface area contributed by atoms with Crippen LogP contribution in [0.4, 0.5) is 0 Å². The van der Waals surface area contributed by atoms with E-state index >= 15 is 0 Å². The lowest BCUT2D eigenvalue weighted by Gasteiger charge is -2.25. The third kappa shape index (κ3) is 5.24. The molecular formula is C25H28N2O2. The summed E-state index contributed by atoms with van der Waals surface area (Å²) >= 11 is 0. The molecule has 0 saturated heterocycles. The molecule has 0 fully saturated rings. The fourth-order valence-electron chi connectivity index (χ4n) is 3.48. The van der Waals surface area contributed by atoms with E-state index in [0.717, 1.165) is 22.4 Å². The van der Waals surface area contributed by atoms with Crippen molar-refractivity contribution in [2.45, 2.75) is 32.0 Å². The maximum Gasteiger partial charge on any atom is 0.237 e. The molecule has 4 heteroatoms. The van der Waals surface area contributed by atoms with Gasteiger partial charge >= 0.3 is 0 Å². The van der Waals surface area contributed by atoms with E-state index in [1.165, 1.54) is 0 Å². The number of methoxy groups -OCH3 is 1. The van der Waals surface area contributed by atoms with Crippen molar-refractivity contribution >= 4 is 5.91 Å². The van der Waals surface area contributed by atoms with Crippen LogP contribution < -0.4 is 15.4 Å². The van der Waals surface area contributed by atoms with E-state index in [9.17, 15) is 4.79 Å². The number of rotatable bonds is 8. The largest absolute Gasteiger partial charge is 0.496 e. The molecule has 0 spiro atoms. The molecule has 0 heterocycles. The Morgan fingerprint density at radius 3 is 1.86 bits per heavy atom. The molecule has 0 unspecified atom stereocenters. The predicted octanol–water partition coefficient (Wildman–Crippen LogP) is 4.64. The number of benzene rings is 3. The van der Waals surface area contributed by atoms with E-state index in [1.807, 2.05) is 98.8 Å². The number of carbonyl (C=O) groups excluding carboxylic acids is 1. The van der Waals surface area contributed by atoms with Gasteiger partial charge in [0.05, 0.1) is 19.2 Å². The molecule has 0 aliphatic carbocycles. The van der Waals surface area contributed by atoms with Crippen LogP contribution in [-0.4, -0.2) is 19.1 Å². The van der Waals surface area contributed by atoms with E-state index in [2.05, 4.69) is 10.6 Å². The van der Waals surface area contributed by atoms with Gasteiger partial charge in [0, 0.05) is 11.6 Å². The Hall–Kier alpha value is -3.11. The van der Waals surface area contributed by atoms with Gasteiger partial charge in [0.25, 0.3) is 0 Å². The van der Waals surface area contributed by atoms with Gasteiger partial charge in [-0.3, -0.25) is 10.1 Å². The molecule has 0 bridgehead atoms. The van der Waals surface area contributed by atoms with Crippen LogP contribution >= 0.6 is 0 Å². The second-order valence-corrected chi connectivity index (χ2v) is 7.11. The third-order valence-corrected chi connectivity index (χ3v) is 5.05. The van der Waals surface area contributed by atoms with Crippen LogP contribution in [-0.2, 0) is 4.79 Å². The Bertz CT molecular complexity index is 873. The molecule has 4 nitrogen and oxygen atoms in total. The van der Waals surface area contributed by atoms with Crippen LogP contribution in [0.1, 0.15) is 42.6 Å². The minimum Gasteiger partial charge on any atom is -0.496 e. The molecule has 3 aromatic carbocycles. The normalized spacial score (nSPS) is 13.0. The highest BCUT2D eigenvalue weighted by molar-refractivity contribution is 5.82. The van der Waals surface area contributed by atoms with Gasteiger partial charge in [0.15, 0.2) is 0 Å². The van der Waals surface area contributed by atoms with Crippen LogP contribution in [0.5, 0.6) is 5.75 Å². The van der Waals surface area contributed by atoms with Crippen LogP contribution in [0.2, 0.25) is 0 Å². The summed E-state index contributed by atoms with van der Waals surface area (Å²) in [5.74, 6) is 0.760. The van der Waals surface area contributed by atoms with Crippen molar-refractivity contribution in [2.24, 2.45) is 0 Å². The van der Waals surface area contributed by atoms with Crippen molar-refractivity contribution in [3.8, 4) is 5.75 Å². The first-order valence-electron chi connectivity index (χ1n) is 9.89. The third-order valence-electron chi connectivity index (χ3n) is 5.05. The first-order valence-corrected chi connectivity index (χ1v) is 9.89. The van der Waals surface area contributed by atoms with E-state index in [-0.39, 0.29) is 24.0 Å². The summed E-state index contributed by atoms with van der Waals surface area (Å²) in [6.45, 7) is 3.92. The molecular weight excluding hydrogens is 360 g/mol. The Balaban J connectivity index is 1.74. The van der Waals surface area contributed by atoms with E-state index in [4.69, 9.17) is 4.74 Å². The number of carbonyl (C=O) groups is 1. The predicted molar refractivity (Wildman–Crippen MR) is 117 cm³/mol. The SMILES string of the molecule is COc1ccccc1[C@H](C)N[C@@H](C)C(=O)NC(c1ccccc1)c1ccccc1. The minimum atomic E-state index is -0.371. The fraction of sp³-hybridized carbons (Fsp3) is 0.240. The molecule has 0 saturated carbocycles. The van der Waals surface area contributed by atoms with Gasteiger partial charge in [0.2, 0.25) is 5.91 Å². The second kappa shape index (κ2) is 9.89. The molecule has 1 amide bonds. The quantitative estimate of drug-likeness (QED) is 0.591. The Kier molecular flexibility index (Phi) is 7.04. The molecule has 0 aliphatic rings. The van der Waals surface area contributed by atoms with Crippen LogP contribution in [0.15, 0.2) is 84.9 Å². The van der Waals surface area contributed by atoms with E-state index in [0.29, 0.717) is 0 Å². The molecule has 2 N–H and O–H groups in total. The number of nitrogens with one attached hydrogen (secondary N) is 2. The number of ether oxygens (including phenoxy) is 1. The van der Waals surface area contributed by atoms with Crippen molar-refractivity contribution in [3.63, 3.8) is 0 Å². The van der Waals surface area contributed by atoms with Crippen LogP contribution in [0, 0.1) is 0 Å². The molecule has 0 aromatic heterocycles. The lowest BCUT2D eigenvalue weighted by Crippen LogP contribution is -2.44. The van der Waals surface area contributed by atoms with Gasteiger partial charge in [-0.15, -0.1) is 0 Å². The molecule has 29 heavy (non-hydrogen) atoms. The Morgan fingerprint density at radius 2 is 1.31 bits per heavy atom. The molecule has 2 atom stereocenters. The lowest BCUT2D eigenvalue weighted by atomic mass is 9.98. The summed E-state index contributed by atoms with van der Waals surface area (Å²) in [7, 11) is 1.66. The van der Waals surface area contributed by atoms with Crippen LogP contribution in [0.25, 0.3) is 0 Å². The topological polar surface area (TPSA) is 50.4 Å². The van der Waals surface area contributed by atoms with Crippen molar-refractivity contribution < 1.29 is 9.53 Å². The average molecular weight is 389 g/mol. The zero-order valence-electron chi connectivity index (χ0n) is 17.1. The zero-order valence-corrected chi connectivity index (χ0v) is 17.1. The minimum absolute atomic E-state index is 0.0289. The number of hydrogen-bond acceptors (Lipinski definition) is 3. The van der Waals surface area contributed by atoms with Crippen molar-refractivity contribution in [1.29, 1.82) is 0 Å². The van der Waals surface area contributed by atoms with Crippen molar-refractivity contribution in [3.05, 3.63) is 102 Å². The summed E-state index contributed by atoms with van der Waals surface area (Å²) in [6.07, 6.45) is 0. The molecule has 0 radical (unpaired) electrons. The Labute approximate surface area is 172 Å². The number of para-hydroxylation sites is 1. The molecule has 0 aliphatic heterocycles. The van der Waals surface area contributed by atoms with Crippen molar-refractivity contribution in [2.75, 3.05) is 7.11 Å². The summed E-state index contributed by atoms with van der Waals surface area (Å²) in [5.41, 5.74) is 3.13. The van der Waals surface area contributed by atoms with Gasteiger partial charge in [0.1, 0.15) is 5.75 Å². The second-order valence-electron chi connectivity index (χ2n) is 7.11. The maximum atomic E-state index is 13.0. The lowest BCUT2D eigenvalue weighted by molar-refractivity contribution is -0.123.